The Morgan fingerprint density at radius 3 is 2.79 bits per heavy atom. The Morgan fingerprint density at radius 1 is 1.26 bits per heavy atom. The molecule has 34 heavy (non-hydrogen) atoms. The van der Waals surface area contributed by atoms with E-state index < -0.39 is 4.92 Å². The Bertz CT molecular complexity index is 1210. The van der Waals surface area contributed by atoms with Crippen molar-refractivity contribution in [1.29, 1.82) is 0 Å². The fourth-order valence-electron chi connectivity index (χ4n) is 4.33. The molecule has 2 aliphatic heterocycles. The molecule has 0 aliphatic carbocycles. The number of hydrogen-bond acceptors (Lipinski definition) is 9. The van der Waals surface area contributed by atoms with Gasteiger partial charge >= 0.3 is 0 Å². The summed E-state index contributed by atoms with van der Waals surface area (Å²) in [5, 5.41) is 14.4. The number of imidazole rings is 1. The first-order valence-electron chi connectivity index (χ1n) is 11.4. The monoisotopic (exact) mass is 466 g/mol. The van der Waals surface area contributed by atoms with Gasteiger partial charge in [-0.25, -0.2) is 4.98 Å². The van der Waals surface area contributed by atoms with Gasteiger partial charge in [0.2, 0.25) is 5.95 Å². The number of carbonyl (C=O) groups excluding carboxylic acids is 1. The van der Waals surface area contributed by atoms with Gasteiger partial charge in [0.05, 0.1) is 11.3 Å². The third-order valence-corrected chi connectivity index (χ3v) is 6.19. The van der Waals surface area contributed by atoms with E-state index in [9.17, 15) is 14.9 Å². The maximum Gasteiger partial charge on any atom is 0.271 e. The van der Waals surface area contributed by atoms with Crippen LogP contribution in [0.3, 0.4) is 0 Å². The molecular formula is C22H26N8O4. The van der Waals surface area contributed by atoms with E-state index >= 15 is 0 Å². The summed E-state index contributed by atoms with van der Waals surface area (Å²) in [4.78, 5) is 41.3. The van der Waals surface area contributed by atoms with Crippen molar-refractivity contribution in [1.82, 2.24) is 24.4 Å². The van der Waals surface area contributed by atoms with Gasteiger partial charge < -0.3 is 24.4 Å². The van der Waals surface area contributed by atoms with Crippen molar-refractivity contribution in [3.05, 3.63) is 40.7 Å². The topological polar surface area (TPSA) is 132 Å². The van der Waals surface area contributed by atoms with E-state index in [0.717, 1.165) is 12.8 Å². The van der Waals surface area contributed by atoms with Crippen LogP contribution in [0.4, 0.5) is 23.1 Å². The molecule has 2 aliphatic rings. The number of aryl methyl sites for hydroxylation is 1. The fraction of sp³-hybridized carbons (Fsp3) is 0.455. The maximum absolute atomic E-state index is 12.7. The van der Waals surface area contributed by atoms with Gasteiger partial charge in [0, 0.05) is 57.2 Å². The van der Waals surface area contributed by atoms with Crippen molar-refractivity contribution in [2.45, 2.75) is 32.4 Å². The van der Waals surface area contributed by atoms with Crippen molar-refractivity contribution in [3.63, 3.8) is 0 Å². The van der Waals surface area contributed by atoms with Crippen LogP contribution in [0.5, 0.6) is 0 Å². The highest BCUT2D eigenvalue weighted by Gasteiger charge is 2.31. The average Bonchev–Trinajstić information content (AvgIpc) is 3.54. The number of non-ortho nitro benzene ring substituents is 1. The lowest BCUT2D eigenvalue weighted by molar-refractivity contribution is -0.384. The Morgan fingerprint density at radius 2 is 2.09 bits per heavy atom. The number of nitro benzene ring substituents is 1. The zero-order valence-corrected chi connectivity index (χ0v) is 18.9. The van der Waals surface area contributed by atoms with E-state index in [4.69, 9.17) is 14.7 Å². The second-order valence-corrected chi connectivity index (χ2v) is 8.32. The third kappa shape index (κ3) is 4.23. The summed E-state index contributed by atoms with van der Waals surface area (Å²) in [6, 6.07) is 6.26. The summed E-state index contributed by atoms with van der Waals surface area (Å²) in [6.45, 7) is 5.68. The highest BCUT2D eigenvalue weighted by atomic mass is 16.6. The second kappa shape index (κ2) is 9.21. The molecular weight excluding hydrogens is 440 g/mol. The highest BCUT2D eigenvalue weighted by Crippen LogP contribution is 2.28. The van der Waals surface area contributed by atoms with Crippen LogP contribution in [0.15, 0.2) is 30.6 Å². The van der Waals surface area contributed by atoms with E-state index in [-0.39, 0.29) is 17.7 Å². The fourth-order valence-corrected chi connectivity index (χ4v) is 4.33. The number of nitrogens with one attached hydrogen (secondary N) is 1. The van der Waals surface area contributed by atoms with Crippen molar-refractivity contribution >= 4 is 40.2 Å². The molecule has 0 radical (unpaired) electrons. The third-order valence-electron chi connectivity index (χ3n) is 6.19. The molecule has 1 N–H and O–H groups in total. The molecule has 4 heterocycles. The number of carbonyl (C=O) groups is 1. The lowest BCUT2D eigenvalue weighted by Gasteiger charge is -2.35. The zero-order valence-electron chi connectivity index (χ0n) is 18.9. The number of amides is 1. The first-order valence-corrected chi connectivity index (χ1v) is 11.4. The summed E-state index contributed by atoms with van der Waals surface area (Å²) < 4.78 is 7.48. The number of ether oxygens (including phenoxy) is 1. The maximum atomic E-state index is 12.7. The lowest BCUT2D eigenvalue weighted by atomic mass is 10.2. The molecule has 0 unspecified atom stereocenters. The van der Waals surface area contributed by atoms with Crippen molar-refractivity contribution in [2.24, 2.45) is 0 Å². The lowest BCUT2D eigenvalue weighted by Crippen LogP contribution is -2.51. The minimum atomic E-state index is -0.435. The molecule has 12 heteroatoms. The smallest absolute Gasteiger partial charge is 0.271 e. The summed E-state index contributed by atoms with van der Waals surface area (Å²) in [6.07, 6.45) is 3.10. The Kier molecular flexibility index (Phi) is 5.97. The Labute approximate surface area is 195 Å². The van der Waals surface area contributed by atoms with Crippen LogP contribution in [0.25, 0.3) is 11.2 Å². The summed E-state index contributed by atoms with van der Waals surface area (Å²) in [7, 11) is 0. The molecule has 0 spiro atoms. The second-order valence-electron chi connectivity index (χ2n) is 8.32. The van der Waals surface area contributed by atoms with Gasteiger partial charge in [0.15, 0.2) is 17.0 Å². The van der Waals surface area contributed by atoms with Gasteiger partial charge in [-0.1, -0.05) is 6.07 Å². The van der Waals surface area contributed by atoms with Crippen LogP contribution in [0.1, 0.15) is 19.8 Å². The van der Waals surface area contributed by atoms with E-state index in [1.807, 2.05) is 21.3 Å². The largest absolute Gasteiger partial charge is 0.368 e. The molecule has 12 nitrogen and oxygen atoms in total. The first-order chi connectivity index (χ1) is 16.5. The zero-order chi connectivity index (χ0) is 23.7. The SMILES string of the molecule is CCn1cnc2c(Nc3cccc([N+](=O)[O-])c3)nc(N3CCN(C(=O)[C@@H]4CCCO4)CC3)nc21. The molecule has 1 atom stereocenters. The normalized spacial score (nSPS) is 18.4. The van der Waals surface area contributed by atoms with Gasteiger partial charge in [0.25, 0.3) is 11.6 Å². The molecule has 178 valence electrons. The van der Waals surface area contributed by atoms with Crippen LogP contribution in [0.2, 0.25) is 0 Å². The molecule has 2 fully saturated rings. The number of anilines is 3. The predicted octanol–water partition coefficient (Wildman–Crippen LogP) is 2.33. The number of benzene rings is 1. The van der Waals surface area contributed by atoms with Gasteiger partial charge in [-0.3, -0.25) is 14.9 Å². The first kappa shape index (κ1) is 22.0. The van der Waals surface area contributed by atoms with Crippen LogP contribution < -0.4 is 10.2 Å². The van der Waals surface area contributed by atoms with Gasteiger partial charge in [-0.2, -0.15) is 9.97 Å². The molecule has 5 rings (SSSR count). The molecule has 2 aromatic heterocycles. The van der Waals surface area contributed by atoms with Crippen molar-refractivity contribution in [2.75, 3.05) is 43.0 Å². The number of nitrogens with zero attached hydrogens (tertiary/aromatic N) is 7. The van der Waals surface area contributed by atoms with E-state index in [0.29, 0.717) is 67.9 Å². The number of nitro groups is 1. The number of hydrogen-bond donors (Lipinski definition) is 1. The minimum Gasteiger partial charge on any atom is -0.368 e. The van der Waals surface area contributed by atoms with Crippen LogP contribution in [-0.2, 0) is 16.1 Å². The van der Waals surface area contributed by atoms with Crippen molar-refractivity contribution < 1.29 is 14.5 Å². The van der Waals surface area contributed by atoms with Gasteiger partial charge in [-0.05, 0) is 25.8 Å². The molecule has 1 aromatic carbocycles. The summed E-state index contributed by atoms with van der Waals surface area (Å²) >= 11 is 0. The van der Waals surface area contributed by atoms with Crippen LogP contribution in [0, 0.1) is 10.1 Å². The number of fused-ring (bicyclic) bond motifs is 1. The summed E-state index contributed by atoms with van der Waals surface area (Å²) in [5.74, 6) is 1.07. The predicted molar refractivity (Wildman–Crippen MR) is 125 cm³/mol. The number of piperazine rings is 1. The van der Waals surface area contributed by atoms with Crippen LogP contribution >= 0.6 is 0 Å². The summed E-state index contributed by atoms with van der Waals surface area (Å²) in [5.41, 5.74) is 1.79. The molecule has 0 bridgehead atoms. The average molecular weight is 467 g/mol. The Balaban J connectivity index is 1.40. The number of rotatable bonds is 6. The van der Waals surface area contributed by atoms with E-state index in [1.54, 1.807) is 18.5 Å². The van der Waals surface area contributed by atoms with Crippen LogP contribution in [-0.4, -0.2) is 74.1 Å². The molecule has 3 aromatic rings. The Hall–Kier alpha value is -3.80. The molecule has 1 amide bonds. The minimum absolute atomic E-state index is 0.0124. The molecule has 0 saturated carbocycles. The van der Waals surface area contributed by atoms with E-state index in [2.05, 4.69) is 10.3 Å². The van der Waals surface area contributed by atoms with Gasteiger partial charge in [-0.15, -0.1) is 0 Å². The standard InChI is InChI=1S/C22H26N8O4/c1-2-27-14-23-18-19(24-15-5-3-6-16(13-15)30(32)33)25-22(26-20(18)27)29-10-8-28(9-11-29)21(31)17-7-4-12-34-17/h3,5-6,13-14,17H,2,4,7-12H2,1H3,(H,24,25,26)/t17-/m0/s1. The highest BCUT2D eigenvalue weighted by molar-refractivity contribution is 5.87. The van der Waals surface area contributed by atoms with Crippen molar-refractivity contribution in [3.8, 4) is 0 Å². The van der Waals surface area contributed by atoms with Gasteiger partial charge in [0.1, 0.15) is 6.10 Å². The van der Waals surface area contributed by atoms with E-state index in [1.165, 1.54) is 12.1 Å². The number of aromatic nitrogens is 4. The molecule has 2 saturated heterocycles. The quantitative estimate of drug-likeness (QED) is 0.429.